The molecule has 1 fully saturated rings. The molecule has 2 heterocycles. The first-order valence-electron chi connectivity index (χ1n) is 8.69. The van der Waals surface area contributed by atoms with Crippen molar-refractivity contribution in [2.24, 2.45) is 11.1 Å². The summed E-state index contributed by atoms with van der Waals surface area (Å²) >= 11 is 0. The number of methoxy groups -OCH3 is 1. The van der Waals surface area contributed by atoms with Crippen LogP contribution in [0.25, 0.3) is 10.9 Å². The zero-order valence-corrected chi connectivity index (χ0v) is 15.9. The van der Waals surface area contributed by atoms with Crippen LogP contribution in [0.4, 0.5) is 5.82 Å². The molecule has 0 atom stereocenters. The van der Waals surface area contributed by atoms with E-state index in [1.54, 1.807) is 13.4 Å². The maximum Gasteiger partial charge on any atom is 0.274 e. The van der Waals surface area contributed by atoms with Crippen molar-refractivity contribution >= 4 is 26.9 Å². The van der Waals surface area contributed by atoms with Crippen LogP contribution >= 0.6 is 0 Å². The predicted octanol–water partition coefficient (Wildman–Crippen LogP) is 1.35. The Kier molecular flexibility index (Phi) is 5.59. The highest BCUT2D eigenvalue weighted by molar-refractivity contribution is 7.87. The van der Waals surface area contributed by atoms with E-state index in [1.165, 1.54) is 0 Å². The summed E-state index contributed by atoms with van der Waals surface area (Å²) in [5.74, 6) is 2.25. The van der Waals surface area contributed by atoms with E-state index in [0.717, 1.165) is 60.4 Å². The highest BCUT2D eigenvalue weighted by Crippen LogP contribution is 2.31. The fourth-order valence-corrected chi connectivity index (χ4v) is 3.89. The first kappa shape index (κ1) is 18.8. The summed E-state index contributed by atoms with van der Waals surface area (Å²) in [6.07, 6.45) is 4.37. The highest BCUT2D eigenvalue weighted by Gasteiger charge is 2.22. The summed E-state index contributed by atoms with van der Waals surface area (Å²) in [6, 6.07) is 4.02. The van der Waals surface area contributed by atoms with Gasteiger partial charge in [0.1, 0.15) is 17.9 Å². The Morgan fingerprint density at radius 3 is 2.69 bits per heavy atom. The number of aromatic nitrogens is 2. The first-order valence-corrected chi connectivity index (χ1v) is 10.2. The molecule has 142 valence electrons. The minimum absolute atomic E-state index is 0.388. The van der Waals surface area contributed by atoms with Crippen molar-refractivity contribution in [2.75, 3.05) is 31.6 Å². The minimum atomic E-state index is -3.60. The standard InChI is InChI=1S/C17H25N5O3S/c1-12-9-14-15(10-16(12)25-2)19-11-20-17(14)22-7-4-13(5-8-22)3-6-21-26(18,23)24/h9-11,13,21H,3-8H2,1-2H3,(H2,18,23,24). The van der Waals surface area contributed by atoms with E-state index in [1.807, 2.05) is 13.0 Å². The Balaban J connectivity index is 1.69. The third-order valence-corrected chi connectivity index (χ3v) is 5.51. The summed E-state index contributed by atoms with van der Waals surface area (Å²) in [7, 11) is -1.94. The van der Waals surface area contributed by atoms with Gasteiger partial charge in [0.15, 0.2) is 0 Å². The van der Waals surface area contributed by atoms with Gasteiger partial charge in [-0.2, -0.15) is 8.42 Å². The fourth-order valence-electron chi connectivity index (χ4n) is 3.49. The van der Waals surface area contributed by atoms with Crippen molar-refractivity contribution < 1.29 is 13.2 Å². The number of aryl methyl sites for hydroxylation is 1. The van der Waals surface area contributed by atoms with Gasteiger partial charge in [-0.1, -0.05) is 0 Å². The Bertz CT molecular complexity index is 879. The summed E-state index contributed by atoms with van der Waals surface area (Å²) < 4.78 is 29.6. The van der Waals surface area contributed by atoms with E-state index in [4.69, 9.17) is 9.88 Å². The van der Waals surface area contributed by atoms with Crippen LogP contribution in [0, 0.1) is 12.8 Å². The number of hydrogen-bond acceptors (Lipinski definition) is 6. The molecule has 8 nitrogen and oxygen atoms in total. The number of piperidine rings is 1. The molecule has 0 amide bonds. The molecule has 0 aliphatic carbocycles. The molecule has 3 rings (SSSR count). The molecular formula is C17H25N5O3S. The minimum Gasteiger partial charge on any atom is -0.496 e. The molecular weight excluding hydrogens is 354 g/mol. The molecule has 1 aromatic heterocycles. The molecule has 3 N–H and O–H groups in total. The molecule has 0 unspecified atom stereocenters. The van der Waals surface area contributed by atoms with Crippen molar-refractivity contribution in [2.45, 2.75) is 26.2 Å². The van der Waals surface area contributed by atoms with E-state index < -0.39 is 10.2 Å². The second kappa shape index (κ2) is 7.73. The Hall–Kier alpha value is -1.97. The molecule has 0 radical (unpaired) electrons. The summed E-state index contributed by atoms with van der Waals surface area (Å²) in [5.41, 5.74) is 1.93. The SMILES string of the molecule is COc1cc2ncnc(N3CCC(CCNS(N)(=O)=O)CC3)c2cc1C. The molecule has 1 saturated heterocycles. The van der Waals surface area contributed by atoms with Crippen LogP contribution < -0.4 is 19.5 Å². The number of hydrogen-bond donors (Lipinski definition) is 2. The molecule has 1 aromatic carbocycles. The quantitative estimate of drug-likeness (QED) is 0.784. The van der Waals surface area contributed by atoms with Crippen molar-refractivity contribution in [1.29, 1.82) is 0 Å². The van der Waals surface area contributed by atoms with Crippen molar-refractivity contribution in [1.82, 2.24) is 14.7 Å². The number of fused-ring (bicyclic) bond motifs is 1. The number of nitrogens with one attached hydrogen (secondary N) is 1. The topological polar surface area (TPSA) is 110 Å². The van der Waals surface area contributed by atoms with Gasteiger partial charge in [0, 0.05) is 31.1 Å². The molecule has 26 heavy (non-hydrogen) atoms. The maximum absolute atomic E-state index is 10.9. The third-order valence-electron chi connectivity index (χ3n) is 4.90. The van der Waals surface area contributed by atoms with Crippen LogP contribution in [0.2, 0.25) is 0 Å². The van der Waals surface area contributed by atoms with Crippen LogP contribution in [0.1, 0.15) is 24.8 Å². The second-order valence-corrected chi connectivity index (χ2v) is 8.07. The fraction of sp³-hybridized carbons (Fsp3) is 0.529. The second-order valence-electron chi connectivity index (χ2n) is 6.69. The van der Waals surface area contributed by atoms with Gasteiger partial charge in [0.05, 0.1) is 12.6 Å². The summed E-state index contributed by atoms with van der Waals surface area (Å²) in [4.78, 5) is 11.2. The van der Waals surface area contributed by atoms with Crippen LogP contribution in [0.5, 0.6) is 5.75 Å². The van der Waals surface area contributed by atoms with Gasteiger partial charge < -0.3 is 9.64 Å². The Morgan fingerprint density at radius 2 is 2.04 bits per heavy atom. The zero-order valence-electron chi connectivity index (χ0n) is 15.1. The largest absolute Gasteiger partial charge is 0.496 e. The number of ether oxygens (including phenoxy) is 1. The number of nitrogens with two attached hydrogens (primary N) is 1. The summed E-state index contributed by atoms with van der Waals surface area (Å²) in [5, 5.41) is 5.99. The normalized spacial score (nSPS) is 16.2. The average molecular weight is 379 g/mol. The number of rotatable bonds is 6. The molecule has 0 saturated carbocycles. The number of nitrogens with zero attached hydrogens (tertiary/aromatic N) is 3. The van der Waals surface area contributed by atoms with Gasteiger partial charge in [0.25, 0.3) is 10.2 Å². The molecule has 2 aromatic rings. The van der Waals surface area contributed by atoms with Crippen LogP contribution in [0.3, 0.4) is 0 Å². The van der Waals surface area contributed by atoms with Crippen LogP contribution in [0.15, 0.2) is 18.5 Å². The smallest absolute Gasteiger partial charge is 0.274 e. The van der Waals surface area contributed by atoms with Gasteiger partial charge in [-0.3, -0.25) is 0 Å². The Morgan fingerprint density at radius 1 is 1.31 bits per heavy atom. The molecule has 9 heteroatoms. The van der Waals surface area contributed by atoms with Gasteiger partial charge >= 0.3 is 0 Å². The molecule has 0 spiro atoms. The van der Waals surface area contributed by atoms with Crippen molar-refractivity contribution in [3.05, 3.63) is 24.0 Å². The first-order chi connectivity index (χ1) is 12.4. The van der Waals surface area contributed by atoms with Gasteiger partial charge in [-0.05, 0) is 43.7 Å². The third kappa shape index (κ3) is 4.40. The van der Waals surface area contributed by atoms with Gasteiger partial charge in [-0.15, -0.1) is 0 Å². The monoisotopic (exact) mass is 379 g/mol. The average Bonchev–Trinajstić information content (AvgIpc) is 2.60. The predicted molar refractivity (Wildman–Crippen MR) is 101 cm³/mol. The van der Waals surface area contributed by atoms with Gasteiger partial charge in [0.2, 0.25) is 0 Å². The lowest BCUT2D eigenvalue weighted by Gasteiger charge is -2.33. The van der Waals surface area contributed by atoms with Crippen LogP contribution in [-0.4, -0.2) is 45.1 Å². The molecule has 0 bridgehead atoms. The number of benzene rings is 1. The van der Waals surface area contributed by atoms with Crippen molar-refractivity contribution in [3.63, 3.8) is 0 Å². The van der Waals surface area contributed by atoms with E-state index in [0.29, 0.717) is 12.5 Å². The lowest BCUT2D eigenvalue weighted by molar-refractivity contribution is 0.381. The lowest BCUT2D eigenvalue weighted by Crippen LogP contribution is -2.37. The Labute approximate surface area is 153 Å². The highest BCUT2D eigenvalue weighted by atomic mass is 32.2. The van der Waals surface area contributed by atoms with E-state index in [9.17, 15) is 8.42 Å². The number of anilines is 1. The van der Waals surface area contributed by atoms with Gasteiger partial charge in [-0.25, -0.2) is 19.8 Å². The van der Waals surface area contributed by atoms with E-state index in [2.05, 4.69) is 25.7 Å². The van der Waals surface area contributed by atoms with E-state index >= 15 is 0 Å². The van der Waals surface area contributed by atoms with Crippen molar-refractivity contribution in [3.8, 4) is 5.75 Å². The lowest BCUT2D eigenvalue weighted by atomic mass is 9.93. The molecule has 1 aliphatic heterocycles. The summed E-state index contributed by atoms with van der Waals surface area (Å²) in [6.45, 7) is 4.17. The maximum atomic E-state index is 10.9. The zero-order chi connectivity index (χ0) is 18.7. The van der Waals surface area contributed by atoms with Crippen LogP contribution in [-0.2, 0) is 10.2 Å². The molecule has 1 aliphatic rings. The van der Waals surface area contributed by atoms with E-state index in [-0.39, 0.29) is 0 Å².